The van der Waals surface area contributed by atoms with Gasteiger partial charge in [0, 0.05) is 137 Å². The summed E-state index contributed by atoms with van der Waals surface area (Å²) in [6.45, 7) is 30.9. The summed E-state index contributed by atoms with van der Waals surface area (Å²) in [6, 6.07) is 82.7. The first-order chi connectivity index (χ1) is 61.5. The minimum atomic E-state index is -0.562. The number of Topliss-reactive ketones (excluding diaryl/α,β-unsaturated/α-hetero) is 4. The van der Waals surface area contributed by atoms with Gasteiger partial charge >= 0.3 is 29.8 Å². The molecule has 0 fully saturated rings. The van der Waals surface area contributed by atoms with Crippen molar-refractivity contribution >= 4 is 131 Å². The number of aromatic nitrogens is 2. The minimum absolute atomic E-state index is 0.0195. The lowest BCUT2D eigenvalue weighted by molar-refractivity contribution is -0.156. The summed E-state index contributed by atoms with van der Waals surface area (Å²) in [5.74, 6) is -2.26. The van der Waals surface area contributed by atoms with Crippen molar-refractivity contribution < 1.29 is 66.9 Å². The summed E-state index contributed by atoms with van der Waals surface area (Å²) in [6.07, 6.45) is 19.0. The number of hydrogen-bond donors (Lipinski definition) is 1. The number of nitrogens with zero attached hydrogens (tertiary/aromatic N) is 4. The van der Waals surface area contributed by atoms with Gasteiger partial charge in [-0.25, -0.2) is 14.4 Å². The van der Waals surface area contributed by atoms with Crippen molar-refractivity contribution in [1.82, 2.24) is 19.8 Å². The third-order valence-corrected chi connectivity index (χ3v) is 17.8. The summed E-state index contributed by atoms with van der Waals surface area (Å²) >= 11 is 3.35. The van der Waals surface area contributed by atoms with Crippen LogP contribution >= 0.6 is 15.9 Å². The lowest BCUT2D eigenvalue weighted by atomic mass is 9.97. The molecular weight excluding hydrogens is 1700 g/mol. The lowest BCUT2D eigenvalue weighted by Crippen LogP contribution is -2.26. The Morgan fingerprint density at radius 1 is 0.377 bits per heavy atom. The van der Waals surface area contributed by atoms with E-state index in [0.29, 0.717) is 47.1 Å². The second kappa shape index (κ2) is 54.6. The van der Waals surface area contributed by atoms with Gasteiger partial charge in [0.05, 0.1) is 0 Å². The molecule has 10 aromatic carbocycles. The van der Waals surface area contributed by atoms with E-state index in [1.165, 1.54) is 26.0 Å². The number of rotatable bonds is 23. The van der Waals surface area contributed by atoms with Gasteiger partial charge in [-0.2, -0.15) is 0 Å². The van der Waals surface area contributed by atoms with Crippen LogP contribution in [-0.2, 0) is 67.0 Å². The third-order valence-electron chi connectivity index (χ3n) is 17.2. The number of carbonyl (C=O) groups is 10. The Bertz CT molecular complexity index is 5820. The van der Waals surface area contributed by atoms with Gasteiger partial charge in [0.1, 0.15) is 16.8 Å². The van der Waals surface area contributed by atoms with Crippen LogP contribution in [0.1, 0.15) is 162 Å². The van der Waals surface area contributed by atoms with Gasteiger partial charge in [-0.1, -0.05) is 272 Å². The monoisotopic (exact) mass is 1810 g/mol. The highest BCUT2D eigenvalue weighted by Crippen LogP contribution is 2.24. The third kappa shape index (κ3) is 43.6. The highest BCUT2D eigenvalue weighted by atomic mass is 79.9. The average molecular weight is 1810 g/mol. The number of benzene rings is 10. The quantitative estimate of drug-likeness (QED) is 0.0119. The molecule has 0 spiro atoms. The average Bonchev–Trinajstić information content (AvgIpc) is 0.853. The van der Waals surface area contributed by atoms with Crippen molar-refractivity contribution in [2.45, 2.75) is 112 Å². The number of nitrogens with two attached hydrogens (primary N) is 1. The normalized spacial score (nSPS) is 10.8. The fraction of sp³-hybridized carbons (Fsp3) is 0.200. The largest absolute Gasteiger partial charge is 0.457 e. The van der Waals surface area contributed by atoms with Crippen LogP contribution in [0, 0.1) is 0 Å². The number of fused-ring (bicyclic) bond motifs is 2. The maximum Gasteiger partial charge on any atom is 0.331 e. The number of nitrogen functional groups attached to an aromatic ring is 1. The number of anilines is 1. The number of ketones is 5. The van der Waals surface area contributed by atoms with Gasteiger partial charge in [0.2, 0.25) is 0 Å². The van der Waals surface area contributed by atoms with Crippen LogP contribution in [0.15, 0.2) is 340 Å². The Morgan fingerprint density at radius 2 is 0.715 bits per heavy atom. The summed E-state index contributed by atoms with van der Waals surface area (Å²) in [7, 11) is 8.22. The molecule has 130 heavy (non-hydrogen) atoms. The van der Waals surface area contributed by atoms with E-state index in [9.17, 15) is 47.9 Å². The SMILES string of the molecule is C=C(C(=O)c1ccc(/C=C/C(=O)Cc2ccc3cnccc3c2)cc1)c1ccccc1.C=C(C(=O)c1ccc(/C=C/C(=O)OC(C)(C)C)cc1)c1ccccc1.C=CC(=O)OC(C)(C)C.CC(=O)OC(C)=O.CC(C)(C)OC(=O)/C=C/c1ccc(C(=O)Cc2ccccc2)cc1.CN(C)CN(C)C.Nc1ccc2cnccc2c1.O=C(Cc1ccccc1)c1ccc(Br)cc1. The number of pyridine rings is 2. The topological polar surface area (TPSA) is 266 Å². The molecule has 0 radical (unpaired) electrons. The Balaban J connectivity index is 0.000000277. The van der Waals surface area contributed by atoms with Crippen LogP contribution < -0.4 is 5.73 Å². The molecule has 0 aliphatic carbocycles. The molecule has 0 aliphatic rings. The number of carbonyl (C=O) groups excluding carboxylic acids is 10. The van der Waals surface area contributed by atoms with Crippen LogP contribution in [0.25, 0.3) is 50.9 Å². The number of ether oxygens (including phenoxy) is 4. The van der Waals surface area contributed by atoms with Gasteiger partial charge in [0.25, 0.3) is 0 Å². The highest BCUT2D eigenvalue weighted by molar-refractivity contribution is 9.10. The summed E-state index contributed by atoms with van der Waals surface area (Å²) in [5, 5.41) is 4.39. The van der Waals surface area contributed by atoms with Gasteiger partial charge in [-0.05, 0) is 200 Å². The van der Waals surface area contributed by atoms with E-state index in [1.54, 1.807) is 85.2 Å². The fourth-order valence-corrected chi connectivity index (χ4v) is 11.7. The molecule has 0 aliphatic heterocycles. The second-order valence-corrected chi connectivity index (χ2v) is 33.7. The maximum absolute atomic E-state index is 12.6. The molecule has 2 N–H and O–H groups in total. The maximum atomic E-state index is 12.6. The van der Waals surface area contributed by atoms with E-state index in [0.717, 1.165) is 94.5 Å². The van der Waals surface area contributed by atoms with E-state index >= 15 is 0 Å². The number of halogens is 1. The molecule has 12 aromatic rings. The van der Waals surface area contributed by atoms with Crippen molar-refractivity contribution in [3.63, 3.8) is 0 Å². The second-order valence-electron chi connectivity index (χ2n) is 32.8. The van der Waals surface area contributed by atoms with E-state index in [-0.39, 0.29) is 40.9 Å². The summed E-state index contributed by atoms with van der Waals surface area (Å²) in [5.41, 5.74) is 15.6. The lowest BCUT2D eigenvalue weighted by Gasteiger charge is -2.17. The molecule has 12 rings (SSSR count). The predicted octanol–water partition coefficient (Wildman–Crippen LogP) is 22.7. The standard InChI is InChI=1S/C28H21NO2.C22H22O3.C21H22O3.C14H11BrO.C9H8N2.C7H12O2.C5H14N2.C4H6O3/c1-20(23-5-3-2-4-6-23)28(31)24-11-7-21(8-12-24)10-14-27(30)18-22-9-13-26-19-29-16-15-25(26)17-22;1-16(18-8-6-5-7-9-18)21(24)19-13-10-17(11-14-19)12-15-20(23)25-22(2,3)4;1-21(2,3)24-20(23)14-11-16-9-12-18(13-10-16)19(22)15-17-7-5-4-6-8-17;15-13-8-6-12(7-9-13)14(16)10-11-4-2-1-3-5-11;10-9-2-1-8-6-11-4-3-7(8)5-9;1-5-6(8)9-7(2,3)4;1-6(2)5-7(3)4;1-3(5)7-4(2)6/h2-17,19H,1,18H2;5-15H,1H2,2-4H3;4-14H,15H2,1-3H3;1-9H,10H2;1-6H,10H2;5H,1H2,2-4H3;5H2,1-4H3;1-2H3/b14-10+;15-12+;14-11+;;;;;. The first-order valence-electron chi connectivity index (χ1n) is 41.6. The van der Waals surface area contributed by atoms with Gasteiger partial charge in [-0.15, -0.1) is 0 Å². The number of esters is 5. The number of allylic oxidation sites excluding steroid dienone is 3. The highest BCUT2D eigenvalue weighted by Gasteiger charge is 2.19. The molecule has 0 atom stereocenters. The van der Waals surface area contributed by atoms with Gasteiger partial charge < -0.3 is 24.7 Å². The summed E-state index contributed by atoms with van der Waals surface area (Å²) < 4.78 is 20.2. The Morgan fingerprint density at radius 3 is 1.05 bits per heavy atom. The van der Waals surface area contributed by atoms with E-state index < -0.39 is 34.7 Å². The minimum Gasteiger partial charge on any atom is -0.457 e. The molecule has 20 heteroatoms. The Labute approximate surface area is 773 Å². The molecule has 672 valence electrons. The zero-order chi connectivity index (χ0) is 95.9. The molecule has 0 saturated carbocycles. The predicted molar refractivity (Wildman–Crippen MR) is 528 cm³/mol. The van der Waals surface area contributed by atoms with Crippen LogP contribution in [0.3, 0.4) is 0 Å². The zero-order valence-electron chi connectivity index (χ0n) is 76.7. The summed E-state index contributed by atoms with van der Waals surface area (Å²) in [4.78, 5) is 127. The molecule has 0 unspecified atom stereocenters. The van der Waals surface area contributed by atoms with E-state index in [4.69, 9.17) is 19.9 Å². The van der Waals surface area contributed by atoms with Crippen molar-refractivity contribution in [3.8, 4) is 0 Å². The van der Waals surface area contributed by atoms with Crippen molar-refractivity contribution in [2.75, 3.05) is 40.6 Å². The Kier molecular flexibility index (Phi) is 44.5. The van der Waals surface area contributed by atoms with E-state index in [1.807, 2.05) is 293 Å². The van der Waals surface area contributed by atoms with Crippen LogP contribution in [-0.4, -0.2) is 130 Å². The fourth-order valence-electron chi connectivity index (χ4n) is 11.5. The van der Waals surface area contributed by atoms with Crippen LogP contribution in [0.2, 0.25) is 0 Å². The van der Waals surface area contributed by atoms with Crippen molar-refractivity contribution in [2.24, 2.45) is 0 Å². The van der Waals surface area contributed by atoms with Crippen LogP contribution in [0.4, 0.5) is 5.69 Å². The zero-order valence-corrected chi connectivity index (χ0v) is 78.2. The van der Waals surface area contributed by atoms with Gasteiger partial charge in [-0.3, -0.25) is 53.3 Å². The first-order valence-corrected chi connectivity index (χ1v) is 42.4. The van der Waals surface area contributed by atoms with Crippen molar-refractivity contribution in [3.05, 3.63) is 407 Å². The van der Waals surface area contributed by atoms with Gasteiger partial charge in [0.15, 0.2) is 28.9 Å². The molecule has 2 heterocycles. The molecule has 19 nitrogen and oxygen atoms in total. The molecule has 2 aromatic heterocycles. The van der Waals surface area contributed by atoms with Crippen LogP contribution in [0.5, 0.6) is 0 Å². The molecule has 0 saturated heterocycles. The Hall–Kier alpha value is -14.4. The molecule has 0 amide bonds. The molecular formula is C110H116BrN5O14. The van der Waals surface area contributed by atoms with E-state index in [2.05, 4.69) is 88.4 Å². The smallest absolute Gasteiger partial charge is 0.331 e. The first kappa shape index (κ1) is 106. The number of hydrogen-bond acceptors (Lipinski definition) is 19. The molecule has 0 bridgehead atoms. The van der Waals surface area contributed by atoms with Crippen molar-refractivity contribution in [1.29, 1.82) is 0 Å².